The smallest absolute Gasteiger partial charge is 0.0931 e. The van der Waals surface area contributed by atoms with E-state index in [9.17, 15) is 0 Å². The van der Waals surface area contributed by atoms with Crippen LogP contribution < -0.4 is 5.32 Å². The summed E-state index contributed by atoms with van der Waals surface area (Å²) in [5, 5.41) is 4.24. The van der Waals surface area contributed by atoms with Crippen molar-refractivity contribution < 1.29 is 0 Å². The molecule has 0 saturated heterocycles. The summed E-state index contributed by atoms with van der Waals surface area (Å²) in [7, 11) is 0. The predicted octanol–water partition coefficient (Wildman–Crippen LogP) is 4.73. The highest BCUT2D eigenvalue weighted by molar-refractivity contribution is 7.16. The minimum atomic E-state index is 0.199. The van der Waals surface area contributed by atoms with Gasteiger partial charge in [-0.05, 0) is 36.7 Å². The fourth-order valence-corrected chi connectivity index (χ4v) is 3.33. The van der Waals surface area contributed by atoms with Crippen LogP contribution in [0.1, 0.15) is 29.8 Å². The number of hydrogen-bond donors (Lipinski definition) is 1. The lowest BCUT2D eigenvalue weighted by molar-refractivity contribution is 0.532. The van der Waals surface area contributed by atoms with Crippen molar-refractivity contribution in [3.63, 3.8) is 0 Å². The van der Waals surface area contributed by atoms with Crippen molar-refractivity contribution in [1.29, 1.82) is 0 Å². The summed E-state index contributed by atoms with van der Waals surface area (Å²) in [5.74, 6) is 0. The van der Waals surface area contributed by atoms with Crippen molar-refractivity contribution in [2.75, 3.05) is 6.54 Å². The lowest BCUT2D eigenvalue weighted by atomic mass is 10.0. The largest absolute Gasteiger partial charge is 0.310 e. The highest BCUT2D eigenvalue weighted by Crippen LogP contribution is 2.29. The second-order valence-corrected chi connectivity index (χ2v) is 6.52. The number of nitrogens with one attached hydrogen (secondary N) is 1. The normalized spacial score (nSPS) is 12.6. The Balaban J connectivity index is 2.18. The lowest BCUT2D eigenvalue weighted by Crippen LogP contribution is -2.24. The molecule has 0 bridgehead atoms. The van der Waals surface area contributed by atoms with Crippen LogP contribution in [0, 0.1) is 0 Å². The third-order valence-corrected chi connectivity index (χ3v) is 4.42. The molecule has 0 radical (unpaired) electrons. The zero-order chi connectivity index (χ0) is 13.7. The highest BCUT2D eigenvalue weighted by Gasteiger charge is 2.15. The quantitative estimate of drug-likeness (QED) is 0.833. The third-order valence-electron chi connectivity index (χ3n) is 2.85. The fourth-order valence-electron chi connectivity index (χ4n) is 1.94. The van der Waals surface area contributed by atoms with E-state index in [0.717, 1.165) is 29.3 Å². The van der Waals surface area contributed by atoms with Gasteiger partial charge < -0.3 is 5.32 Å². The molecule has 2 heterocycles. The molecule has 102 valence electrons. The predicted molar refractivity (Wildman–Crippen MR) is 83.3 cm³/mol. The van der Waals surface area contributed by atoms with Crippen LogP contribution in [0.25, 0.3) is 0 Å². The van der Waals surface area contributed by atoms with Gasteiger partial charge in [-0.25, -0.2) is 0 Å². The van der Waals surface area contributed by atoms with Crippen LogP contribution in [0.2, 0.25) is 9.36 Å². The Bertz CT molecular complexity index is 528. The monoisotopic (exact) mass is 314 g/mol. The topological polar surface area (TPSA) is 24.9 Å². The van der Waals surface area contributed by atoms with E-state index in [2.05, 4.69) is 23.3 Å². The number of halogens is 2. The Labute approximate surface area is 127 Å². The molecule has 1 N–H and O–H groups in total. The minimum absolute atomic E-state index is 0.199. The van der Waals surface area contributed by atoms with Gasteiger partial charge in [0.2, 0.25) is 0 Å². The van der Waals surface area contributed by atoms with Gasteiger partial charge in [0, 0.05) is 29.7 Å². The molecular weight excluding hydrogens is 299 g/mol. The Hall–Kier alpha value is -0.610. The molecule has 2 aromatic rings. The first kappa shape index (κ1) is 14.8. The van der Waals surface area contributed by atoms with E-state index in [1.165, 1.54) is 4.88 Å². The standard InChI is InChI=1S/C14H16Cl2N2S/c1-2-6-18-13(8-10-3-4-14(16)19-10)11-5-7-17-9-12(11)15/h3-5,7,9,13,18H,2,6,8H2,1H3. The van der Waals surface area contributed by atoms with Gasteiger partial charge in [-0.15, -0.1) is 11.3 Å². The maximum atomic E-state index is 6.24. The molecule has 0 aliphatic carbocycles. The Morgan fingerprint density at radius 2 is 2.16 bits per heavy atom. The number of pyridine rings is 1. The van der Waals surface area contributed by atoms with Crippen molar-refractivity contribution in [3.05, 3.63) is 50.4 Å². The zero-order valence-electron chi connectivity index (χ0n) is 10.7. The van der Waals surface area contributed by atoms with Crippen LogP contribution in [0.15, 0.2) is 30.6 Å². The maximum absolute atomic E-state index is 6.24. The van der Waals surface area contributed by atoms with Crippen LogP contribution in [0.4, 0.5) is 0 Å². The molecule has 2 nitrogen and oxygen atoms in total. The van der Waals surface area contributed by atoms with Crippen molar-refractivity contribution >= 4 is 34.5 Å². The summed E-state index contributed by atoms with van der Waals surface area (Å²) < 4.78 is 0.824. The molecule has 0 saturated carbocycles. The fraction of sp³-hybridized carbons (Fsp3) is 0.357. The van der Waals surface area contributed by atoms with Gasteiger partial charge in [-0.1, -0.05) is 30.1 Å². The highest BCUT2D eigenvalue weighted by atomic mass is 35.5. The van der Waals surface area contributed by atoms with Gasteiger partial charge in [-0.2, -0.15) is 0 Å². The van der Waals surface area contributed by atoms with Crippen molar-refractivity contribution in [2.24, 2.45) is 0 Å². The van der Waals surface area contributed by atoms with Gasteiger partial charge in [0.1, 0.15) is 0 Å². The molecule has 0 amide bonds. The average molecular weight is 315 g/mol. The molecule has 1 unspecified atom stereocenters. The summed E-state index contributed by atoms with van der Waals surface area (Å²) in [6, 6.07) is 6.19. The van der Waals surface area contributed by atoms with Crippen LogP contribution >= 0.6 is 34.5 Å². The molecule has 0 aromatic carbocycles. The number of hydrogen-bond acceptors (Lipinski definition) is 3. The molecule has 0 aliphatic heterocycles. The minimum Gasteiger partial charge on any atom is -0.310 e. The van der Waals surface area contributed by atoms with Crippen LogP contribution in [-0.4, -0.2) is 11.5 Å². The van der Waals surface area contributed by atoms with E-state index >= 15 is 0 Å². The van der Waals surface area contributed by atoms with Gasteiger partial charge in [0.05, 0.1) is 9.36 Å². The first-order valence-corrected chi connectivity index (χ1v) is 7.85. The van der Waals surface area contributed by atoms with E-state index in [4.69, 9.17) is 23.2 Å². The zero-order valence-corrected chi connectivity index (χ0v) is 13.0. The average Bonchev–Trinajstić information content (AvgIpc) is 2.81. The van der Waals surface area contributed by atoms with E-state index in [1.807, 2.05) is 12.1 Å². The molecule has 1 atom stereocenters. The van der Waals surface area contributed by atoms with Crippen LogP contribution in [-0.2, 0) is 6.42 Å². The maximum Gasteiger partial charge on any atom is 0.0931 e. The Kier molecular flexibility index (Phi) is 5.64. The summed E-state index contributed by atoms with van der Waals surface area (Å²) in [6.45, 7) is 3.11. The lowest BCUT2D eigenvalue weighted by Gasteiger charge is -2.19. The molecule has 19 heavy (non-hydrogen) atoms. The van der Waals surface area contributed by atoms with Gasteiger partial charge >= 0.3 is 0 Å². The molecule has 0 aliphatic rings. The van der Waals surface area contributed by atoms with Crippen LogP contribution in [0.5, 0.6) is 0 Å². The molecule has 2 aromatic heterocycles. The molecule has 2 rings (SSSR count). The Morgan fingerprint density at radius 3 is 2.79 bits per heavy atom. The molecule has 5 heteroatoms. The van der Waals surface area contributed by atoms with Crippen LogP contribution in [0.3, 0.4) is 0 Å². The second-order valence-electron chi connectivity index (χ2n) is 4.31. The number of rotatable bonds is 6. The summed E-state index contributed by atoms with van der Waals surface area (Å²) in [5.41, 5.74) is 1.09. The SMILES string of the molecule is CCCNC(Cc1ccc(Cl)s1)c1ccncc1Cl. The van der Waals surface area contributed by atoms with E-state index in [0.29, 0.717) is 5.02 Å². The van der Waals surface area contributed by atoms with E-state index in [-0.39, 0.29) is 6.04 Å². The summed E-state index contributed by atoms with van der Waals surface area (Å²) >= 11 is 13.8. The van der Waals surface area contributed by atoms with Crippen molar-refractivity contribution in [2.45, 2.75) is 25.8 Å². The summed E-state index contributed by atoms with van der Waals surface area (Å²) in [4.78, 5) is 5.30. The number of aromatic nitrogens is 1. The van der Waals surface area contributed by atoms with Crippen molar-refractivity contribution in [1.82, 2.24) is 10.3 Å². The molecule has 0 spiro atoms. The first-order valence-electron chi connectivity index (χ1n) is 6.27. The summed E-state index contributed by atoms with van der Waals surface area (Å²) in [6.07, 6.45) is 5.45. The van der Waals surface area contributed by atoms with Gasteiger partial charge in [0.15, 0.2) is 0 Å². The molecule has 0 fully saturated rings. The van der Waals surface area contributed by atoms with Crippen molar-refractivity contribution in [3.8, 4) is 0 Å². The number of nitrogens with zero attached hydrogens (tertiary/aromatic N) is 1. The van der Waals surface area contributed by atoms with Gasteiger partial charge in [0.25, 0.3) is 0 Å². The van der Waals surface area contributed by atoms with E-state index < -0.39 is 0 Å². The third kappa shape index (κ3) is 4.18. The first-order chi connectivity index (χ1) is 9.20. The second kappa shape index (κ2) is 7.25. The van der Waals surface area contributed by atoms with E-state index in [1.54, 1.807) is 23.7 Å². The van der Waals surface area contributed by atoms with Gasteiger partial charge in [-0.3, -0.25) is 4.98 Å². The number of thiophene rings is 1. The molecular formula is C14H16Cl2N2S. The Morgan fingerprint density at radius 1 is 1.32 bits per heavy atom.